The Kier molecular flexibility index (Phi) is 4.44. The zero-order valence-electron chi connectivity index (χ0n) is 14.0. The number of methoxy groups -OCH3 is 1. The minimum absolute atomic E-state index is 0.411. The number of aromatic nitrogens is 4. The Labute approximate surface area is 152 Å². The second kappa shape index (κ2) is 7.04. The molecule has 0 aliphatic carbocycles. The molecule has 9 heteroatoms. The van der Waals surface area contributed by atoms with E-state index in [1.54, 1.807) is 19.4 Å². The van der Waals surface area contributed by atoms with Crippen LogP contribution in [-0.2, 0) is 5.75 Å². The van der Waals surface area contributed by atoms with Crippen molar-refractivity contribution in [3.63, 3.8) is 0 Å². The highest BCUT2D eigenvalue weighted by atomic mass is 32.2. The highest BCUT2D eigenvalue weighted by molar-refractivity contribution is 7.98. The monoisotopic (exact) mass is 370 g/mol. The number of furan rings is 1. The van der Waals surface area contributed by atoms with Crippen LogP contribution in [0.4, 0.5) is 0 Å². The standard InChI is InChI=1S/C17H14N4O4S/c1-10-11(7-8-23-10)16-19-20-17(24-16)26-9-14-18-15(21-25-14)12-5-3-4-6-13(12)22-2/h3-8H,9H2,1-2H3. The fourth-order valence-electron chi connectivity index (χ4n) is 2.36. The third-order valence-electron chi connectivity index (χ3n) is 3.63. The van der Waals surface area contributed by atoms with Gasteiger partial charge in [-0.1, -0.05) is 29.1 Å². The molecule has 3 aromatic heterocycles. The van der Waals surface area contributed by atoms with E-state index in [1.807, 2.05) is 31.2 Å². The van der Waals surface area contributed by atoms with Gasteiger partial charge in [-0.15, -0.1) is 10.2 Å². The number of aryl methyl sites for hydroxylation is 1. The van der Waals surface area contributed by atoms with Gasteiger partial charge in [0.15, 0.2) is 0 Å². The molecule has 1 aromatic carbocycles. The predicted octanol–water partition coefficient (Wildman–Crippen LogP) is 3.99. The second-order valence-corrected chi connectivity index (χ2v) is 6.19. The summed E-state index contributed by atoms with van der Waals surface area (Å²) >= 11 is 1.32. The van der Waals surface area contributed by atoms with E-state index in [4.69, 9.17) is 18.1 Å². The lowest BCUT2D eigenvalue weighted by Crippen LogP contribution is -1.89. The molecule has 0 spiro atoms. The lowest BCUT2D eigenvalue weighted by Gasteiger charge is -2.02. The van der Waals surface area contributed by atoms with Crippen LogP contribution in [0.1, 0.15) is 11.7 Å². The van der Waals surface area contributed by atoms with Crippen LogP contribution in [0.2, 0.25) is 0 Å². The first-order chi connectivity index (χ1) is 12.7. The maximum absolute atomic E-state index is 5.63. The van der Waals surface area contributed by atoms with Crippen molar-refractivity contribution in [2.24, 2.45) is 0 Å². The van der Waals surface area contributed by atoms with Crippen LogP contribution in [-0.4, -0.2) is 27.4 Å². The molecule has 0 aliphatic rings. The number of benzene rings is 1. The van der Waals surface area contributed by atoms with Crippen LogP contribution in [0.15, 0.2) is 55.2 Å². The van der Waals surface area contributed by atoms with Crippen molar-refractivity contribution in [3.8, 4) is 28.6 Å². The van der Waals surface area contributed by atoms with Crippen molar-refractivity contribution in [1.29, 1.82) is 0 Å². The first kappa shape index (κ1) is 16.4. The largest absolute Gasteiger partial charge is 0.496 e. The van der Waals surface area contributed by atoms with Crippen LogP contribution in [0.5, 0.6) is 5.75 Å². The van der Waals surface area contributed by atoms with Crippen molar-refractivity contribution in [2.45, 2.75) is 17.9 Å². The molecule has 26 heavy (non-hydrogen) atoms. The fraction of sp³-hybridized carbons (Fsp3) is 0.176. The van der Waals surface area contributed by atoms with Gasteiger partial charge in [0.25, 0.3) is 11.1 Å². The van der Waals surface area contributed by atoms with Crippen LogP contribution < -0.4 is 4.74 Å². The molecule has 3 heterocycles. The first-order valence-corrected chi connectivity index (χ1v) is 8.70. The smallest absolute Gasteiger partial charge is 0.277 e. The highest BCUT2D eigenvalue weighted by Gasteiger charge is 2.16. The van der Waals surface area contributed by atoms with E-state index in [1.165, 1.54) is 11.8 Å². The molecular weight excluding hydrogens is 356 g/mol. The van der Waals surface area contributed by atoms with Crippen molar-refractivity contribution in [2.75, 3.05) is 7.11 Å². The molecule has 0 unspecified atom stereocenters. The Morgan fingerprint density at radius 2 is 2.00 bits per heavy atom. The molecule has 0 fully saturated rings. The van der Waals surface area contributed by atoms with Crippen LogP contribution in [0, 0.1) is 6.92 Å². The summed E-state index contributed by atoms with van der Waals surface area (Å²) < 4.78 is 21.5. The summed E-state index contributed by atoms with van der Waals surface area (Å²) in [6.07, 6.45) is 1.58. The number of rotatable bonds is 6. The zero-order valence-corrected chi connectivity index (χ0v) is 14.8. The van der Waals surface area contributed by atoms with Crippen LogP contribution in [0.3, 0.4) is 0 Å². The van der Waals surface area contributed by atoms with Crippen molar-refractivity contribution < 1.29 is 18.1 Å². The van der Waals surface area contributed by atoms with Gasteiger partial charge in [0.2, 0.25) is 11.7 Å². The summed E-state index contributed by atoms with van der Waals surface area (Å²) in [6, 6.07) is 9.28. The Balaban J connectivity index is 1.46. The molecule has 0 bridgehead atoms. The van der Waals surface area contributed by atoms with E-state index in [-0.39, 0.29) is 0 Å². The maximum Gasteiger partial charge on any atom is 0.277 e. The van der Waals surface area contributed by atoms with Crippen LogP contribution in [0.25, 0.3) is 22.8 Å². The average Bonchev–Trinajstić information content (AvgIpc) is 3.40. The number of para-hydroxylation sites is 1. The van der Waals surface area contributed by atoms with E-state index in [0.29, 0.717) is 34.3 Å². The van der Waals surface area contributed by atoms with Gasteiger partial charge in [-0.3, -0.25) is 0 Å². The van der Waals surface area contributed by atoms with Gasteiger partial charge in [-0.2, -0.15) is 4.98 Å². The van der Waals surface area contributed by atoms with Crippen molar-refractivity contribution >= 4 is 11.8 Å². The van der Waals surface area contributed by atoms with Gasteiger partial charge >= 0.3 is 0 Å². The molecule has 0 radical (unpaired) electrons. The number of ether oxygens (including phenoxy) is 1. The Hall–Kier alpha value is -3.07. The number of hydrogen-bond acceptors (Lipinski definition) is 9. The van der Waals surface area contributed by atoms with Gasteiger partial charge in [0.05, 0.1) is 30.3 Å². The Morgan fingerprint density at radius 1 is 1.12 bits per heavy atom. The summed E-state index contributed by atoms with van der Waals surface area (Å²) in [5, 5.41) is 12.5. The Bertz CT molecular complexity index is 1020. The molecule has 0 amide bonds. The van der Waals surface area contributed by atoms with Crippen molar-refractivity contribution in [1.82, 2.24) is 20.3 Å². The first-order valence-electron chi connectivity index (χ1n) is 7.71. The third kappa shape index (κ3) is 3.21. The average molecular weight is 370 g/mol. The van der Waals surface area contributed by atoms with E-state index in [0.717, 1.165) is 16.9 Å². The lowest BCUT2D eigenvalue weighted by molar-refractivity contribution is 0.389. The zero-order chi connectivity index (χ0) is 17.9. The number of hydrogen-bond donors (Lipinski definition) is 0. The minimum atomic E-state index is 0.411. The maximum atomic E-state index is 5.63. The van der Waals surface area contributed by atoms with Gasteiger partial charge < -0.3 is 18.1 Å². The summed E-state index contributed by atoms with van der Waals surface area (Å²) in [4.78, 5) is 4.39. The summed E-state index contributed by atoms with van der Waals surface area (Å²) in [5.74, 6) is 3.16. The quantitative estimate of drug-likeness (QED) is 0.466. The molecule has 0 atom stereocenters. The van der Waals surface area contributed by atoms with E-state index < -0.39 is 0 Å². The van der Waals surface area contributed by atoms with Crippen molar-refractivity contribution in [3.05, 3.63) is 48.2 Å². The molecule has 0 saturated heterocycles. The normalized spacial score (nSPS) is 11.0. The molecular formula is C17H14N4O4S. The Morgan fingerprint density at radius 3 is 2.81 bits per heavy atom. The summed E-state index contributed by atoms with van der Waals surface area (Å²) in [6.45, 7) is 1.84. The van der Waals surface area contributed by atoms with E-state index in [2.05, 4.69) is 20.3 Å². The molecule has 0 N–H and O–H groups in total. The second-order valence-electron chi connectivity index (χ2n) is 5.26. The topological polar surface area (TPSA) is 100 Å². The van der Waals surface area contributed by atoms with Gasteiger partial charge in [0, 0.05) is 0 Å². The third-order valence-corrected chi connectivity index (χ3v) is 4.43. The van der Waals surface area contributed by atoms with E-state index >= 15 is 0 Å². The number of nitrogens with zero attached hydrogens (tertiary/aromatic N) is 4. The lowest BCUT2D eigenvalue weighted by atomic mass is 10.2. The summed E-state index contributed by atoms with van der Waals surface area (Å²) in [7, 11) is 1.60. The highest BCUT2D eigenvalue weighted by Crippen LogP contribution is 2.30. The van der Waals surface area contributed by atoms with Gasteiger partial charge in [0.1, 0.15) is 11.5 Å². The molecule has 8 nitrogen and oxygen atoms in total. The van der Waals surface area contributed by atoms with Crippen LogP contribution >= 0.6 is 11.8 Å². The van der Waals surface area contributed by atoms with Gasteiger partial charge in [-0.05, 0) is 25.1 Å². The molecule has 4 rings (SSSR count). The predicted molar refractivity (Wildman–Crippen MR) is 92.6 cm³/mol. The molecule has 132 valence electrons. The molecule has 0 aliphatic heterocycles. The number of thioether (sulfide) groups is 1. The minimum Gasteiger partial charge on any atom is -0.496 e. The fourth-order valence-corrected chi connectivity index (χ4v) is 2.96. The van der Waals surface area contributed by atoms with Gasteiger partial charge in [-0.25, -0.2) is 0 Å². The molecule has 4 aromatic rings. The summed E-state index contributed by atoms with van der Waals surface area (Å²) in [5.41, 5.74) is 1.55. The van der Waals surface area contributed by atoms with E-state index in [9.17, 15) is 0 Å². The molecule has 0 saturated carbocycles. The SMILES string of the molecule is COc1ccccc1-c1noc(CSc2nnc(-c3ccoc3C)o2)n1.